The molecule has 3 heterocycles. The molecular formula is C60H54N2OSSi. The van der Waals surface area contributed by atoms with Crippen molar-refractivity contribution in [2.75, 3.05) is 0 Å². The molecule has 1 aliphatic rings. The fourth-order valence-corrected chi connectivity index (χ4v) is 16.5. The molecule has 0 N–H and O–H groups in total. The van der Waals surface area contributed by atoms with Crippen LogP contribution < -0.4 is 25.5 Å². The molecule has 1 aliphatic heterocycles. The van der Waals surface area contributed by atoms with Gasteiger partial charge in [-0.25, -0.2) is 4.98 Å². The van der Waals surface area contributed by atoms with Gasteiger partial charge in [-0.3, -0.25) is 4.40 Å². The van der Waals surface area contributed by atoms with Gasteiger partial charge in [0.1, 0.15) is 11.5 Å². The van der Waals surface area contributed by atoms with E-state index in [1.807, 2.05) is 43.3 Å². The molecule has 65 heavy (non-hydrogen) atoms. The van der Waals surface area contributed by atoms with Gasteiger partial charge in [-0.15, -0.1) is 0 Å². The van der Waals surface area contributed by atoms with Crippen LogP contribution in [0.15, 0.2) is 182 Å². The zero-order valence-electron chi connectivity index (χ0n) is 41.0. The van der Waals surface area contributed by atoms with Crippen LogP contribution in [0.4, 0.5) is 0 Å². The molecule has 1 unspecified atom stereocenters. The summed E-state index contributed by atoms with van der Waals surface area (Å²) in [4.78, 5) is 6.09. The number of hydrogen-bond acceptors (Lipinski definition) is 3. The Hall–Kier alpha value is -6.53. The third-order valence-corrected chi connectivity index (χ3v) is 19.5. The van der Waals surface area contributed by atoms with Crippen molar-refractivity contribution >= 4 is 66.4 Å². The summed E-state index contributed by atoms with van der Waals surface area (Å²) in [5.74, 6) is 1.17. The highest BCUT2D eigenvalue weighted by Crippen LogP contribution is 2.52. The van der Waals surface area contributed by atoms with Gasteiger partial charge in [0.05, 0.1) is 21.3 Å². The van der Waals surface area contributed by atoms with Crippen molar-refractivity contribution in [1.82, 2.24) is 9.38 Å². The molecule has 2 aromatic heterocycles. The fraction of sp³-hybridized carbons (Fsp3) is 0.183. The Balaban J connectivity index is 1.22. The number of para-hydroxylation sites is 4. The summed E-state index contributed by atoms with van der Waals surface area (Å²) in [7, 11) is -3.21. The van der Waals surface area contributed by atoms with E-state index >= 15 is 0 Å². The maximum atomic E-state index is 9.01. The maximum absolute atomic E-state index is 9.01. The molecule has 3 nitrogen and oxygen atoms in total. The van der Waals surface area contributed by atoms with Gasteiger partial charge in [-0.1, -0.05) is 224 Å². The molecule has 0 bridgehead atoms. The highest BCUT2D eigenvalue weighted by atomic mass is 32.1. The number of hydrogen-bond donors (Lipinski definition) is 0. The van der Waals surface area contributed by atoms with Gasteiger partial charge >= 0.3 is 0 Å². The summed E-state index contributed by atoms with van der Waals surface area (Å²) in [6.45, 7) is 13.2. The summed E-state index contributed by atoms with van der Waals surface area (Å²) in [6, 6.07) is 65.5. The molecule has 0 saturated carbocycles. The van der Waals surface area contributed by atoms with Gasteiger partial charge < -0.3 is 4.74 Å². The van der Waals surface area contributed by atoms with E-state index in [0.717, 1.165) is 38.2 Å². The van der Waals surface area contributed by atoms with Crippen molar-refractivity contribution in [3.8, 4) is 33.8 Å². The Morgan fingerprint density at radius 2 is 1.08 bits per heavy atom. The zero-order chi connectivity index (χ0) is 47.4. The predicted octanol–water partition coefficient (Wildman–Crippen LogP) is 13.4. The molecule has 0 saturated heterocycles. The molecule has 10 aromatic rings. The summed E-state index contributed by atoms with van der Waals surface area (Å²) >= 11 is 1.76. The van der Waals surface area contributed by atoms with Crippen LogP contribution in [-0.4, -0.2) is 17.5 Å². The molecule has 0 amide bonds. The van der Waals surface area contributed by atoms with E-state index in [2.05, 4.69) is 192 Å². The summed E-state index contributed by atoms with van der Waals surface area (Å²) in [6.07, 6.45) is 0. The lowest BCUT2D eigenvalue weighted by Crippen LogP contribution is -2.74. The molecule has 0 spiro atoms. The normalized spacial score (nSPS) is 16.1. The number of thiazole rings is 1. The Kier molecular flexibility index (Phi) is 8.73. The van der Waals surface area contributed by atoms with E-state index in [1.165, 1.54) is 42.1 Å². The van der Waals surface area contributed by atoms with Crippen LogP contribution in [0, 0.1) is 0 Å². The minimum Gasteiger partial charge on any atom is -0.456 e. The first kappa shape index (κ1) is 37.8. The Morgan fingerprint density at radius 1 is 0.538 bits per heavy atom. The van der Waals surface area contributed by atoms with E-state index in [4.69, 9.17) is 13.8 Å². The average molecular weight is 882 g/mol. The highest BCUT2D eigenvalue weighted by Gasteiger charge is 2.44. The van der Waals surface area contributed by atoms with Crippen molar-refractivity contribution in [2.24, 2.45) is 0 Å². The van der Waals surface area contributed by atoms with Crippen LogP contribution in [0.3, 0.4) is 0 Å². The molecule has 320 valence electrons. The van der Waals surface area contributed by atoms with Crippen LogP contribution in [0.1, 0.15) is 81.7 Å². The maximum Gasteiger partial charge on any atom is 0.195 e. The van der Waals surface area contributed by atoms with Gasteiger partial charge in [0, 0.05) is 31.8 Å². The van der Waals surface area contributed by atoms with Crippen LogP contribution >= 0.6 is 11.3 Å². The monoisotopic (exact) mass is 881 g/mol. The summed E-state index contributed by atoms with van der Waals surface area (Å²) in [5, 5.41) is 5.03. The van der Waals surface area contributed by atoms with Crippen LogP contribution in [0.25, 0.3) is 48.5 Å². The molecule has 8 aromatic carbocycles. The molecule has 0 fully saturated rings. The zero-order valence-corrected chi connectivity index (χ0v) is 39.8. The quantitative estimate of drug-likeness (QED) is 0.123. The number of benzene rings is 8. The average Bonchev–Trinajstić information content (AvgIpc) is 3.88. The highest BCUT2D eigenvalue weighted by molar-refractivity contribution is 7.24. The molecule has 5 heteroatoms. The summed E-state index contributed by atoms with van der Waals surface area (Å²) < 4.78 is 37.5. The second-order valence-electron chi connectivity index (χ2n) is 19.9. The standard InChI is InChI=1S/C60H54N2OSSi/c1-58(2,3)47-35-33-41(37-45(47)43-25-19-28-50-55(43)63-54-32-18-15-27-49(54)60(50,7)8)65(39-21-11-9-12-22-39,40-23-13-10-14-24-40)42-34-36-48(59(4,5)6)46(38-42)44-26-20-31-53-56(44)64-57-61-51-29-16-17-30-52(51)62(53)57/h9-38H,1-8H3/i7D3. The van der Waals surface area contributed by atoms with Crippen molar-refractivity contribution in [3.05, 3.63) is 204 Å². The molecule has 11 rings (SSSR count). The van der Waals surface area contributed by atoms with Gasteiger partial charge in [-0.2, -0.15) is 0 Å². The lowest BCUT2D eigenvalue weighted by molar-refractivity contribution is 0.419. The first-order valence-corrected chi connectivity index (χ1v) is 25.4. The van der Waals surface area contributed by atoms with Gasteiger partial charge in [0.15, 0.2) is 13.0 Å². The van der Waals surface area contributed by atoms with Crippen LogP contribution in [0.5, 0.6) is 11.5 Å². The van der Waals surface area contributed by atoms with Crippen molar-refractivity contribution in [1.29, 1.82) is 0 Å². The third kappa shape index (κ3) is 6.46. The van der Waals surface area contributed by atoms with Crippen LogP contribution in [0.2, 0.25) is 0 Å². The van der Waals surface area contributed by atoms with E-state index in [9.17, 15) is 0 Å². The largest absolute Gasteiger partial charge is 0.456 e. The molecular weight excluding hydrogens is 825 g/mol. The van der Waals surface area contributed by atoms with E-state index in [1.54, 1.807) is 11.3 Å². The lowest BCUT2D eigenvalue weighted by Gasteiger charge is -2.38. The number of ether oxygens (including phenoxy) is 1. The first-order valence-electron chi connectivity index (χ1n) is 24.1. The smallest absolute Gasteiger partial charge is 0.195 e. The molecule has 0 aliphatic carbocycles. The molecule has 0 radical (unpaired) electrons. The number of nitrogens with zero attached hydrogens (tertiary/aromatic N) is 2. The lowest BCUT2D eigenvalue weighted by atomic mass is 9.74. The van der Waals surface area contributed by atoms with E-state index < -0.39 is 20.3 Å². The minimum atomic E-state index is -3.21. The fourth-order valence-electron chi connectivity index (χ4n) is 10.6. The van der Waals surface area contributed by atoms with Gasteiger partial charge in [0.2, 0.25) is 0 Å². The van der Waals surface area contributed by atoms with E-state index in [-0.39, 0.29) is 10.8 Å². The Bertz CT molecular complexity index is 3540. The number of aromatic nitrogens is 2. The first-order chi connectivity index (χ1) is 32.5. The Morgan fingerprint density at radius 3 is 1.72 bits per heavy atom. The number of imidazole rings is 1. The van der Waals surface area contributed by atoms with Crippen LogP contribution in [-0.2, 0) is 16.2 Å². The van der Waals surface area contributed by atoms with Crippen molar-refractivity contribution < 1.29 is 8.85 Å². The second kappa shape index (κ2) is 15.0. The number of fused-ring (bicyclic) bond motifs is 7. The van der Waals surface area contributed by atoms with Crippen molar-refractivity contribution in [2.45, 2.75) is 71.6 Å². The second-order valence-corrected chi connectivity index (χ2v) is 24.7. The van der Waals surface area contributed by atoms with Crippen molar-refractivity contribution in [3.63, 3.8) is 0 Å². The predicted molar refractivity (Wildman–Crippen MR) is 279 cm³/mol. The van der Waals surface area contributed by atoms with Gasteiger partial charge in [-0.05, 0) is 78.1 Å². The minimum absolute atomic E-state index is 0.167. The van der Waals surface area contributed by atoms with E-state index in [0.29, 0.717) is 22.6 Å². The number of rotatable bonds is 6. The topological polar surface area (TPSA) is 26.5 Å². The Labute approximate surface area is 392 Å². The summed E-state index contributed by atoms with van der Waals surface area (Å²) in [5.41, 5.74) is 9.64. The molecule has 1 atom stereocenters. The van der Waals surface area contributed by atoms with Gasteiger partial charge in [0.25, 0.3) is 0 Å². The third-order valence-electron chi connectivity index (χ3n) is 13.7. The SMILES string of the molecule is [2H]C([2H])([2H])C1(C)c2ccccc2Oc2c(-c3cc([Si](c4ccccc4)(c4ccccc4)c4ccc(C(C)(C)C)c(-c5cccc6c5sc5nc7ccccc7n56)c4)ccc3C(C)(C)C)cccc21.